The third kappa shape index (κ3) is 1.85. The first kappa shape index (κ1) is 8.83. The summed E-state index contributed by atoms with van der Waals surface area (Å²) in [7, 11) is 0. The molecule has 0 aliphatic heterocycles. The van der Waals surface area contributed by atoms with Crippen molar-refractivity contribution in [1.82, 2.24) is 9.78 Å². The third-order valence-corrected chi connectivity index (χ3v) is 2.09. The number of hydrogen-bond acceptors (Lipinski definition) is 2. The fourth-order valence-corrected chi connectivity index (χ4v) is 2.00. The molecule has 3 nitrogen and oxygen atoms in total. The van der Waals surface area contributed by atoms with Crippen molar-refractivity contribution in [3.63, 3.8) is 0 Å². The maximum absolute atomic E-state index is 5.54. The van der Waals surface area contributed by atoms with Gasteiger partial charge in [0.1, 0.15) is 9.52 Å². The van der Waals surface area contributed by atoms with Gasteiger partial charge in [-0.15, -0.1) is 0 Å². The minimum absolute atomic E-state index is 0.0220. The van der Waals surface area contributed by atoms with Gasteiger partial charge in [0.2, 0.25) is 0 Å². The highest BCUT2D eigenvalue weighted by molar-refractivity contribution is 14.1. The normalized spacial score (nSPS) is 12.0. The van der Waals surface area contributed by atoms with Crippen molar-refractivity contribution >= 4 is 28.4 Å². The van der Waals surface area contributed by atoms with Crippen LogP contribution in [0.2, 0.25) is 0 Å². The van der Waals surface area contributed by atoms with E-state index in [0.717, 1.165) is 3.70 Å². The van der Waals surface area contributed by atoms with Gasteiger partial charge in [0, 0.05) is 6.07 Å². The van der Waals surface area contributed by atoms with Crippen LogP contribution < -0.4 is 5.73 Å². The Balaban J connectivity index is 3.13. The number of nitrogen functional groups attached to an aromatic ring is 1. The van der Waals surface area contributed by atoms with Crippen molar-refractivity contribution in [2.24, 2.45) is 0 Å². The fraction of sp³-hybridized carbons (Fsp3) is 0.571. The maximum Gasteiger partial charge on any atom is 0.146 e. The lowest BCUT2D eigenvalue weighted by Crippen LogP contribution is -2.24. The van der Waals surface area contributed by atoms with Gasteiger partial charge in [-0.25, -0.2) is 0 Å². The van der Waals surface area contributed by atoms with E-state index in [2.05, 4.69) is 48.5 Å². The average molecular weight is 265 g/mol. The van der Waals surface area contributed by atoms with Crippen LogP contribution >= 0.6 is 22.6 Å². The lowest BCUT2D eigenvalue weighted by atomic mass is 10.1. The van der Waals surface area contributed by atoms with Crippen LogP contribution in [-0.2, 0) is 5.54 Å². The highest BCUT2D eigenvalue weighted by atomic mass is 127. The van der Waals surface area contributed by atoms with E-state index in [9.17, 15) is 0 Å². The summed E-state index contributed by atoms with van der Waals surface area (Å²) < 4.78 is 3.00. The second kappa shape index (κ2) is 2.66. The molecular weight excluding hydrogens is 253 g/mol. The fourth-order valence-electron chi connectivity index (χ4n) is 0.846. The molecule has 2 N–H and O–H groups in total. The Kier molecular flexibility index (Phi) is 2.13. The zero-order valence-corrected chi connectivity index (χ0v) is 9.08. The molecule has 1 heterocycles. The highest BCUT2D eigenvalue weighted by Gasteiger charge is 2.16. The second-order valence-corrected chi connectivity index (χ2v) is 4.58. The summed E-state index contributed by atoms with van der Waals surface area (Å²) in [6.07, 6.45) is 0. The molecule has 0 bridgehead atoms. The molecule has 1 aromatic heterocycles. The molecule has 4 heteroatoms. The largest absolute Gasteiger partial charge is 0.382 e. The molecule has 0 radical (unpaired) electrons. The number of nitrogens with zero attached hydrogens (tertiary/aromatic N) is 2. The van der Waals surface area contributed by atoms with E-state index >= 15 is 0 Å². The van der Waals surface area contributed by atoms with Crippen molar-refractivity contribution in [2.45, 2.75) is 26.3 Å². The molecule has 0 atom stereocenters. The maximum atomic E-state index is 5.54. The third-order valence-electron chi connectivity index (χ3n) is 1.32. The minimum Gasteiger partial charge on any atom is -0.382 e. The highest BCUT2D eigenvalue weighted by Crippen LogP contribution is 2.19. The Morgan fingerprint density at radius 3 is 2.27 bits per heavy atom. The van der Waals surface area contributed by atoms with Gasteiger partial charge in [-0.1, -0.05) is 0 Å². The molecule has 1 aromatic rings. The molecule has 0 amide bonds. The Morgan fingerprint density at radius 2 is 2.09 bits per heavy atom. The van der Waals surface area contributed by atoms with Gasteiger partial charge < -0.3 is 5.73 Å². The van der Waals surface area contributed by atoms with Gasteiger partial charge in [0.15, 0.2) is 0 Å². The van der Waals surface area contributed by atoms with Crippen LogP contribution in [0.4, 0.5) is 5.82 Å². The Bertz CT molecular complexity index is 259. The van der Waals surface area contributed by atoms with E-state index in [0.29, 0.717) is 5.82 Å². The Hall–Kier alpha value is -0.260. The van der Waals surface area contributed by atoms with Crippen LogP contribution in [-0.4, -0.2) is 9.78 Å². The number of nitrogens with two attached hydrogens (primary N) is 1. The van der Waals surface area contributed by atoms with Crippen LogP contribution in [0.1, 0.15) is 20.8 Å². The van der Waals surface area contributed by atoms with Crippen LogP contribution in [0.25, 0.3) is 0 Å². The van der Waals surface area contributed by atoms with E-state index in [1.54, 1.807) is 0 Å². The van der Waals surface area contributed by atoms with Gasteiger partial charge in [0.25, 0.3) is 0 Å². The van der Waals surface area contributed by atoms with Crippen molar-refractivity contribution < 1.29 is 0 Å². The van der Waals surface area contributed by atoms with Gasteiger partial charge in [-0.05, 0) is 43.4 Å². The van der Waals surface area contributed by atoms with Gasteiger partial charge in [-0.3, -0.25) is 4.68 Å². The first-order valence-corrected chi connectivity index (χ1v) is 4.50. The molecule has 62 valence electrons. The molecule has 0 fully saturated rings. The van der Waals surface area contributed by atoms with Gasteiger partial charge in [0.05, 0.1) is 5.54 Å². The van der Waals surface area contributed by atoms with Crippen molar-refractivity contribution in [1.29, 1.82) is 0 Å². The summed E-state index contributed by atoms with van der Waals surface area (Å²) in [5.74, 6) is 0.587. The van der Waals surface area contributed by atoms with Crippen LogP contribution in [0.15, 0.2) is 6.07 Å². The van der Waals surface area contributed by atoms with Crippen LogP contribution in [0.5, 0.6) is 0 Å². The van der Waals surface area contributed by atoms with Crippen molar-refractivity contribution in [3.8, 4) is 0 Å². The molecule has 0 saturated heterocycles. The molecule has 0 spiro atoms. The lowest BCUT2D eigenvalue weighted by molar-refractivity contribution is 0.349. The van der Waals surface area contributed by atoms with Crippen molar-refractivity contribution in [3.05, 3.63) is 9.77 Å². The summed E-state index contributed by atoms with van der Waals surface area (Å²) in [6.45, 7) is 6.30. The molecule has 0 saturated carbocycles. The van der Waals surface area contributed by atoms with E-state index in [-0.39, 0.29) is 5.54 Å². The lowest BCUT2D eigenvalue weighted by Gasteiger charge is -2.20. The van der Waals surface area contributed by atoms with E-state index in [1.165, 1.54) is 0 Å². The van der Waals surface area contributed by atoms with Crippen LogP contribution in [0.3, 0.4) is 0 Å². The van der Waals surface area contributed by atoms with Gasteiger partial charge >= 0.3 is 0 Å². The quantitative estimate of drug-likeness (QED) is 0.727. The number of anilines is 1. The SMILES string of the molecule is CC(C)(C)n1nc(N)cc1I. The molecule has 11 heavy (non-hydrogen) atoms. The van der Waals surface area contributed by atoms with Gasteiger partial charge in [-0.2, -0.15) is 5.10 Å². The Labute approximate surface area is 80.1 Å². The molecule has 0 aliphatic carbocycles. The molecule has 0 unspecified atom stereocenters. The first-order valence-electron chi connectivity index (χ1n) is 3.43. The summed E-state index contributed by atoms with van der Waals surface area (Å²) in [5, 5.41) is 4.17. The Morgan fingerprint density at radius 1 is 1.55 bits per heavy atom. The predicted octanol–water partition coefficient (Wildman–Crippen LogP) is 1.82. The minimum atomic E-state index is 0.0220. The topological polar surface area (TPSA) is 43.8 Å². The number of hydrogen-bond donors (Lipinski definition) is 1. The summed E-state index contributed by atoms with van der Waals surface area (Å²) in [5.41, 5.74) is 5.56. The summed E-state index contributed by atoms with van der Waals surface area (Å²) in [6, 6.07) is 1.87. The monoisotopic (exact) mass is 265 g/mol. The second-order valence-electron chi connectivity index (χ2n) is 3.47. The van der Waals surface area contributed by atoms with E-state index < -0.39 is 0 Å². The predicted molar refractivity (Wildman–Crippen MR) is 54.4 cm³/mol. The molecule has 0 aromatic carbocycles. The van der Waals surface area contributed by atoms with Crippen LogP contribution in [0, 0.1) is 3.70 Å². The molecule has 1 rings (SSSR count). The summed E-state index contributed by atoms with van der Waals surface area (Å²) >= 11 is 2.23. The molecule has 0 aliphatic rings. The number of rotatable bonds is 0. The van der Waals surface area contributed by atoms with E-state index in [1.807, 2.05) is 10.7 Å². The van der Waals surface area contributed by atoms with E-state index in [4.69, 9.17) is 5.73 Å². The zero-order valence-electron chi connectivity index (χ0n) is 6.93. The first-order chi connectivity index (χ1) is 4.91. The standard InChI is InChI=1S/C7H12IN3/c1-7(2,3)11-5(8)4-6(9)10-11/h4H,1-3H3,(H2,9,10). The average Bonchev–Trinajstić information content (AvgIpc) is 2.08. The molecular formula is C7H12IN3. The number of halogens is 1. The zero-order chi connectivity index (χ0) is 8.65. The number of aromatic nitrogens is 2. The smallest absolute Gasteiger partial charge is 0.146 e. The van der Waals surface area contributed by atoms with Crippen molar-refractivity contribution in [2.75, 3.05) is 5.73 Å². The summed E-state index contributed by atoms with van der Waals surface area (Å²) in [4.78, 5) is 0.